The fraction of sp³-hybridized carbons (Fsp3) is 0.625. The minimum atomic E-state index is 0.365. The van der Waals surface area contributed by atoms with E-state index < -0.39 is 0 Å². The molecule has 1 saturated carbocycles. The molecule has 1 atom stereocenters. The maximum atomic E-state index is 5.74. The minimum Gasteiger partial charge on any atom is -0.454 e. The van der Waals surface area contributed by atoms with Crippen LogP contribution in [0.4, 0.5) is 0 Å². The van der Waals surface area contributed by atoms with Gasteiger partial charge in [-0.1, -0.05) is 25.0 Å². The van der Waals surface area contributed by atoms with Crippen molar-refractivity contribution in [3.05, 3.63) is 23.8 Å². The SMILES string of the molecule is c1cc2c(c([C@@H](CC3CC3)N3CCNCC3)c1)OCO2. The average Bonchev–Trinajstić information content (AvgIpc) is 3.19. The van der Waals surface area contributed by atoms with Gasteiger partial charge in [0.2, 0.25) is 6.79 Å². The van der Waals surface area contributed by atoms with Crippen molar-refractivity contribution in [2.75, 3.05) is 33.0 Å². The van der Waals surface area contributed by atoms with Gasteiger partial charge in [-0.3, -0.25) is 4.90 Å². The van der Waals surface area contributed by atoms with Crippen molar-refractivity contribution in [3.63, 3.8) is 0 Å². The summed E-state index contributed by atoms with van der Waals surface area (Å²) in [5.41, 5.74) is 1.33. The quantitative estimate of drug-likeness (QED) is 0.912. The Morgan fingerprint density at radius 2 is 2.05 bits per heavy atom. The van der Waals surface area contributed by atoms with Crippen LogP contribution >= 0.6 is 0 Å². The number of nitrogens with zero attached hydrogens (tertiary/aromatic N) is 1. The Hall–Kier alpha value is -1.26. The van der Waals surface area contributed by atoms with Crippen LogP contribution < -0.4 is 14.8 Å². The molecule has 4 heteroatoms. The maximum Gasteiger partial charge on any atom is 0.231 e. The average molecular weight is 274 g/mol. The van der Waals surface area contributed by atoms with Gasteiger partial charge in [-0.25, -0.2) is 0 Å². The Bertz CT molecular complexity index is 481. The van der Waals surface area contributed by atoms with Gasteiger partial charge in [0.1, 0.15) is 0 Å². The molecule has 4 rings (SSSR count). The molecule has 0 bridgehead atoms. The molecule has 0 amide bonds. The summed E-state index contributed by atoms with van der Waals surface area (Å²) in [6, 6.07) is 6.83. The number of hydrogen-bond donors (Lipinski definition) is 1. The van der Waals surface area contributed by atoms with Crippen molar-refractivity contribution in [1.82, 2.24) is 10.2 Å². The van der Waals surface area contributed by atoms with E-state index in [2.05, 4.69) is 22.3 Å². The molecule has 0 radical (unpaired) electrons. The summed E-state index contributed by atoms with van der Waals surface area (Å²) in [5.74, 6) is 2.81. The fourth-order valence-corrected chi connectivity index (χ4v) is 3.35. The number of hydrogen-bond acceptors (Lipinski definition) is 4. The molecule has 108 valence electrons. The standard InChI is InChI=1S/C16H22N2O2/c1-2-13(16-15(3-1)19-11-20-16)14(10-12-4-5-12)18-8-6-17-7-9-18/h1-3,12,14,17H,4-11H2/t14-/m1/s1. The summed E-state index contributed by atoms with van der Waals surface area (Å²) in [6.07, 6.45) is 4.06. The van der Waals surface area contributed by atoms with Gasteiger partial charge in [0, 0.05) is 37.8 Å². The molecule has 3 aliphatic rings. The summed E-state index contributed by atoms with van der Waals surface area (Å²) in [5, 5.41) is 3.44. The van der Waals surface area contributed by atoms with Crippen molar-refractivity contribution in [2.24, 2.45) is 5.92 Å². The maximum absolute atomic E-state index is 5.74. The number of para-hydroxylation sites is 1. The molecule has 0 spiro atoms. The van der Waals surface area contributed by atoms with Crippen LogP contribution in [-0.4, -0.2) is 37.9 Å². The highest BCUT2D eigenvalue weighted by molar-refractivity contribution is 5.49. The van der Waals surface area contributed by atoms with E-state index in [1.807, 2.05) is 6.07 Å². The van der Waals surface area contributed by atoms with Crippen LogP contribution in [0.15, 0.2) is 18.2 Å². The van der Waals surface area contributed by atoms with Crippen molar-refractivity contribution >= 4 is 0 Å². The van der Waals surface area contributed by atoms with E-state index >= 15 is 0 Å². The lowest BCUT2D eigenvalue weighted by Crippen LogP contribution is -2.45. The molecule has 1 aromatic carbocycles. The third-order valence-electron chi connectivity index (χ3n) is 4.63. The number of piperazine rings is 1. The summed E-state index contributed by atoms with van der Waals surface area (Å²) >= 11 is 0. The molecule has 4 nitrogen and oxygen atoms in total. The number of rotatable bonds is 4. The first kappa shape index (κ1) is 12.5. The monoisotopic (exact) mass is 274 g/mol. The van der Waals surface area contributed by atoms with E-state index in [4.69, 9.17) is 9.47 Å². The highest BCUT2D eigenvalue weighted by Crippen LogP contribution is 2.45. The van der Waals surface area contributed by atoms with E-state index in [0.717, 1.165) is 43.6 Å². The molecule has 2 heterocycles. The molecule has 1 saturated heterocycles. The predicted octanol–water partition coefficient (Wildman–Crippen LogP) is 2.16. The zero-order chi connectivity index (χ0) is 13.4. The molecular weight excluding hydrogens is 252 g/mol. The third kappa shape index (κ3) is 2.38. The summed E-state index contributed by atoms with van der Waals surface area (Å²) in [6.45, 7) is 4.80. The Labute approximate surface area is 120 Å². The molecule has 1 aliphatic carbocycles. The fourth-order valence-electron chi connectivity index (χ4n) is 3.35. The van der Waals surface area contributed by atoms with Crippen LogP contribution in [0.25, 0.3) is 0 Å². The number of nitrogens with one attached hydrogen (secondary N) is 1. The van der Waals surface area contributed by atoms with Crippen LogP contribution in [-0.2, 0) is 0 Å². The van der Waals surface area contributed by atoms with Gasteiger partial charge in [-0.15, -0.1) is 0 Å². The van der Waals surface area contributed by atoms with Crippen LogP contribution in [0.5, 0.6) is 11.5 Å². The first-order chi connectivity index (χ1) is 9.92. The number of benzene rings is 1. The lowest BCUT2D eigenvalue weighted by Gasteiger charge is -2.35. The molecule has 1 N–H and O–H groups in total. The largest absolute Gasteiger partial charge is 0.454 e. The van der Waals surface area contributed by atoms with Crippen LogP contribution in [0.3, 0.4) is 0 Å². The summed E-state index contributed by atoms with van der Waals surface area (Å²) in [4.78, 5) is 2.62. The van der Waals surface area contributed by atoms with E-state index in [1.165, 1.54) is 24.8 Å². The summed E-state index contributed by atoms with van der Waals surface area (Å²) < 4.78 is 11.3. The van der Waals surface area contributed by atoms with Gasteiger partial charge in [0.15, 0.2) is 11.5 Å². The van der Waals surface area contributed by atoms with Gasteiger partial charge < -0.3 is 14.8 Å². The topological polar surface area (TPSA) is 33.7 Å². The van der Waals surface area contributed by atoms with Gasteiger partial charge >= 0.3 is 0 Å². The summed E-state index contributed by atoms with van der Waals surface area (Å²) in [7, 11) is 0. The lowest BCUT2D eigenvalue weighted by molar-refractivity contribution is 0.150. The highest BCUT2D eigenvalue weighted by Gasteiger charge is 2.33. The van der Waals surface area contributed by atoms with Crippen LogP contribution in [0, 0.1) is 5.92 Å². The normalized spacial score (nSPS) is 23.8. The van der Waals surface area contributed by atoms with E-state index in [9.17, 15) is 0 Å². The first-order valence-electron chi connectivity index (χ1n) is 7.75. The second kappa shape index (κ2) is 5.26. The molecule has 2 fully saturated rings. The molecule has 0 aromatic heterocycles. The zero-order valence-corrected chi connectivity index (χ0v) is 11.8. The second-order valence-electron chi connectivity index (χ2n) is 6.06. The molecule has 20 heavy (non-hydrogen) atoms. The van der Waals surface area contributed by atoms with E-state index in [-0.39, 0.29) is 0 Å². The highest BCUT2D eigenvalue weighted by atomic mass is 16.7. The lowest BCUT2D eigenvalue weighted by atomic mass is 9.97. The van der Waals surface area contributed by atoms with Crippen molar-refractivity contribution in [2.45, 2.75) is 25.3 Å². The smallest absolute Gasteiger partial charge is 0.231 e. The third-order valence-corrected chi connectivity index (χ3v) is 4.63. The Morgan fingerprint density at radius 1 is 1.20 bits per heavy atom. The zero-order valence-electron chi connectivity index (χ0n) is 11.8. The van der Waals surface area contributed by atoms with Crippen molar-refractivity contribution < 1.29 is 9.47 Å². The van der Waals surface area contributed by atoms with Crippen LogP contribution in [0.2, 0.25) is 0 Å². The molecular formula is C16H22N2O2. The molecule has 1 aromatic rings. The Kier molecular flexibility index (Phi) is 3.28. The van der Waals surface area contributed by atoms with Crippen LogP contribution in [0.1, 0.15) is 30.9 Å². The predicted molar refractivity (Wildman–Crippen MR) is 77.1 cm³/mol. The van der Waals surface area contributed by atoms with Gasteiger partial charge in [-0.05, 0) is 18.4 Å². The van der Waals surface area contributed by atoms with E-state index in [0.29, 0.717) is 12.8 Å². The Balaban J connectivity index is 1.64. The molecule has 2 aliphatic heterocycles. The minimum absolute atomic E-state index is 0.365. The van der Waals surface area contributed by atoms with Gasteiger partial charge in [0.05, 0.1) is 0 Å². The number of ether oxygens (including phenoxy) is 2. The Morgan fingerprint density at radius 3 is 2.85 bits per heavy atom. The second-order valence-corrected chi connectivity index (χ2v) is 6.06. The van der Waals surface area contributed by atoms with Gasteiger partial charge in [0.25, 0.3) is 0 Å². The molecule has 0 unspecified atom stereocenters. The van der Waals surface area contributed by atoms with Crippen molar-refractivity contribution in [3.8, 4) is 11.5 Å². The first-order valence-corrected chi connectivity index (χ1v) is 7.75. The van der Waals surface area contributed by atoms with E-state index in [1.54, 1.807) is 0 Å². The van der Waals surface area contributed by atoms with Gasteiger partial charge in [-0.2, -0.15) is 0 Å². The number of fused-ring (bicyclic) bond motifs is 1. The van der Waals surface area contributed by atoms with Crippen molar-refractivity contribution in [1.29, 1.82) is 0 Å².